The molecule has 0 bridgehead atoms. The van der Waals surface area contributed by atoms with E-state index in [2.05, 4.69) is 24.3 Å². The highest BCUT2D eigenvalue weighted by Crippen LogP contribution is 2.28. The van der Waals surface area contributed by atoms with Gasteiger partial charge < -0.3 is 5.84 Å². The molecule has 3 nitrogen and oxygen atoms in total. The van der Waals surface area contributed by atoms with Crippen LogP contribution in [0.1, 0.15) is 11.1 Å². The van der Waals surface area contributed by atoms with Crippen molar-refractivity contribution < 1.29 is 0 Å². The van der Waals surface area contributed by atoms with Crippen molar-refractivity contribution in [1.29, 1.82) is 5.26 Å². The summed E-state index contributed by atoms with van der Waals surface area (Å²) in [4.78, 5) is 0. The number of rotatable bonds is 0. The van der Waals surface area contributed by atoms with Gasteiger partial charge in [-0.05, 0) is 30.7 Å². The molecule has 0 atom stereocenters. The third-order valence-electron chi connectivity index (χ3n) is 3.09. The molecule has 3 heteroatoms. The Bertz CT molecular complexity index is 775. The van der Waals surface area contributed by atoms with Gasteiger partial charge in [-0.2, -0.15) is 5.26 Å². The quantitative estimate of drug-likeness (QED) is 0.593. The first-order valence-electron chi connectivity index (χ1n) is 5.41. The minimum absolute atomic E-state index is 0.628. The van der Waals surface area contributed by atoms with E-state index in [1.165, 1.54) is 5.56 Å². The number of aryl methyl sites for hydroxylation is 1. The normalized spacial score (nSPS) is 10.8. The van der Waals surface area contributed by atoms with Gasteiger partial charge in [0.2, 0.25) is 0 Å². The first kappa shape index (κ1) is 9.73. The molecule has 0 saturated heterocycles. The maximum Gasteiger partial charge on any atom is 0.0992 e. The van der Waals surface area contributed by atoms with Crippen molar-refractivity contribution in [3.05, 3.63) is 47.5 Å². The molecule has 2 aromatic carbocycles. The van der Waals surface area contributed by atoms with E-state index in [4.69, 9.17) is 11.1 Å². The number of nitrogens with zero attached hydrogens (tertiary/aromatic N) is 2. The van der Waals surface area contributed by atoms with Crippen LogP contribution in [-0.2, 0) is 0 Å². The van der Waals surface area contributed by atoms with Crippen LogP contribution in [0.5, 0.6) is 0 Å². The van der Waals surface area contributed by atoms with E-state index in [9.17, 15) is 0 Å². The number of nitrogens with two attached hydrogens (primary N) is 1. The SMILES string of the molecule is Cc1ccc2c3ccc(C#N)cc3n(N)c2c1. The first-order chi connectivity index (χ1) is 8.20. The molecule has 2 N–H and O–H groups in total. The van der Waals surface area contributed by atoms with Crippen molar-refractivity contribution in [3.63, 3.8) is 0 Å². The Balaban J connectivity index is 2.54. The van der Waals surface area contributed by atoms with Gasteiger partial charge in [-0.25, -0.2) is 0 Å². The minimum atomic E-state index is 0.628. The van der Waals surface area contributed by atoms with Crippen LogP contribution in [0.2, 0.25) is 0 Å². The number of aromatic nitrogens is 1. The number of hydrogen-bond donors (Lipinski definition) is 1. The van der Waals surface area contributed by atoms with E-state index in [1.807, 2.05) is 25.1 Å². The predicted molar refractivity (Wildman–Crippen MR) is 69.0 cm³/mol. The van der Waals surface area contributed by atoms with Crippen LogP contribution in [0, 0.1) is 18.3 Å². The summed E-state index contributed by atoms with van der Waals surface area (Å²) >= 11 is 0. The largest absolute Gasteiger partial charge is 0.339 e. The number of fused-ring (bicyclic) bond motifs is 3. The lowest BCUT2D eigenvalue weighted by atomic mass is 10.1. The molecule has 1 aromatic heterocycles. The van der Waals surface area contributed by atoms with Crippen molar-refractivity contribution in [2.75, 3.05) is 5.84 Å². The van der Waals surface area contributed by atoms with Gasteiger partial charge in [0.05, 0.1) is 22.7 Å². The van der Waals surface area contributed by atoms with Crippen molar-refractivity contribution in [2.24, 2.45) is 0 Å². The average molecular weight is 221 g/mol. The summed E-state index contributed by atoms with van der Waals surface area (Å²) in [6.45, 7) is 2.04. The highest BCUT2D eigenvalue weighted by Gasteiger charge is 2.09. The van der Waals surface area contributed by atoms with Gasteiger partial charge in [0, 0.05) is 10.8 Å². The van der Waals surface area contributed by atoms with Crippen LogP contribution >= 0.6 is 0 Å². The Hall–Kier alpha value is -2.47. The molecule has 0 amide bonds. The lowest BCUT2D eigenvalue weighted by Gasteiger charge is -1.98. The lowest BCUT2D eigenvalue weighted by Crippen LogP contribution is -2.06. The van der Waals surface area contributed by atoms with Gasteiger partial charge >= 0.3 is 0 Å². The zero-order valence-electron chi connectivity index (χ0n) is 9.44. The maximum absolute atomic E-state index is 8.91. The second kappa shape index (κ2) is 3.26. The molecule has 0 aliphatic heterocycles. The molecule has 0 unspecified atom stereocenters. The monoisotopic (exact) mass is 221 g/mol. The van der Waals surface area contributed by atoms with E-state index in [0.29, 0.717) is 5.56 Å². The molecule has 17 heavy (non-hydrogen) atoms. The lowest BCUT2D eigenvalue weighted by molar-refractivity contribution is 1.12. The molecule has 0 aliphatic carbocycles. The minimum Gasteiger partial charge on any atom is -0.339 e. The highest BCUT2D eigenvalue weighted by atomic mass is 15.3. The second-order valence-corrected chi connectivity index (χ2v) is 4.23. The van der Waals surface area contributed by atoms with Crippen LogP contribution in [0.15, 0.2) is 36.4 Å². The Morgan fingerprint density at radius 2 is 1.71 bits per heavy atom. The molecule has 3 rings (SSSR count). The second-order valence-electron chi connectivity index (χ2n) is 4.23. The van der Waals surface area contributed by atoms with E-state index in [1.54, 1.807) is 4.68 Å². The molecule has 0 saturated carbocycles. The Labute approximate surface area is 98.6 Å². The molecular weight excluding hydrogens is 210 g/mol. The maximum atomic E-state index is 8.91. The molecule has 0 fully saturated rings. The number of hydrogen-bond acceptors (Lipinski definition) is 2. The van der Waals surface area contributed by atoms with Crippen molar-refractivity contribution in [3.8, 4) is 6.07 Å². The van der Waals surface area contributed by atoms with Gasteiger partial charge in [0.25, 0.3) is 0 Å². The summed E-state index contributed by atoms with van der Waals surface area (Å²) < 4.78 is 1.65. The van der Waals surface area contributed by atoms with Gasteiger partial charge in [-0.15, -0.1) is 0 Å². The van der Waals surface area contributed by atoms with E-state index in [-0.39, 0.29) is 0 Å². The first-order valence-corrected chi connectivity index (χ1v) is 5.41. The molecular formula is C14H11N3. The van der Waals surface area contributed by atoms with Crippen molar-refractivity contribution >= 4 is 21.8 Å². The number of nitriles is 1. The smallest absolute Gasteiger partial charge is 0.0992 e. The zero-order valence-corrected chi connectivity index (χ0v) is 9.44. The Morgan fingerprint density at radius 3 is 2.41 bits per heavy atom. The average Bonchev–Trinajstić information content (AvgIpc) is 2.62. The fourth-order valence-corrected chi connectivity index (χ4v) is 2.23. The van der Waals surface area contributed by atoms with Gasteiger partial charge in [0.15, 0.2) is 0 Å². The standard InChI is InChI=1S/C14H11N3/c1-9-2-4-11-12-5-3-10(8-15)7-14(12)17(16)13(11)6-9/h2-7H,16H2,1H3. The Morgan fingerprint density at radius 1 is 1.06 bits per heavy atom. The summed E-state index contributed by atoms with van der Waals surface area (Å²) in [7, 11) is 0. The predicted octanol–water partition coefficient (Wildman–Crippen LogP) is 2.69. The van der Waals surface area contributed by atoms with Crippen molar-refractivity contribution in [2.45, 2.75) is 6.92 Å². The summed E-state index contributed by atoms with van der Waals surface area (Å²) in [5.74, 6) is 6.07. The van der Waals surface area contributed by atoms with E-state index >= 15 is 0 Å². The molecule has 82 valence electrons. The third kappa shape index (κ3) is 1.28. The Kier molecular flexibility index (Phi) is 1.87. The van der Waals surface area contributed by atoms with Crippen LogP contribution in [0.4, 0.5) is 0 Å². The van der Waals surface area contributed by atoms with Crippen LogP contribution in [0.3, 0.4) is 0 Å². The summed E-state index contributed by atoms with van der Waals surface area (Å²) in [5, 5.41) is 11.1. The topological polar surface area (TPSA) is 54.7 Å². The molecule has 1 heterocycles. The van der Waals surface area contributed by atoms with Crippen LogP contribution in [0.25, 0.3) is 21.8 Å². The molecule has 0 radical (unpaired) electrons. The van der Waals surface area contributed by atoms with Gasteiger partial charge in [0.1, 0.15) is 0 Å². The van der Waals surface area contributed by atoms with E-state index < -0.39 is 0 Å². The highest BCUT2D eigenvalue weighted by molar-refractivity contribution is 6.08. The fraction of sp³-hybridized carbons (Fsp3) is 0.0714. The molecule has 0 aliphatic rings. The van der Waals surface area contributed by atoms with Crippen molar-refractivity contribution in [1.82, 2.24) is 4.68 Å². The summed E-state index contributed by atoms with van der Waals surface area (Å²) in [6, 6.07) is 13.9. The van der Waals surface area contributed by atoms with Gasteiger partial charge in [-0.3, -0.25) is 4.68 Å². The molecule has 3 aromatic rings. The number of nitrogen functional groups attached to an aromatic ring is 1. The summed E-state index contributed by atoms with van der Waals surface area (Å²) in [6.07, 6.45) is 0. The van der Waals surface area contributed by atoms with E-state index in [0.717, 1.165) is 21.8 Å². The van der Waals surface area contributed by atoms with Crippen LogP contribution < -0.4 is 5.84 Å². The third-order valence-corrected chi connectivity index (χ3v) is 3.09. The number of benzene rings is 2. The van der Waals surface area contributed by atoms with Crippen LogP contribution in [-0.4, -0.2) is 4.68 Å². The zero-order chi connectivity index (χ0) is 12.0. The fourth-order valence-electron chi connectivity index (χ4n) is 2.23. The summed E-state index contributed by atoms with van der Waals surface area (Å²) in [5.41, 5.74) is 3.69. The van der Waals surface area contributed by atoms with Gasteiger partial charge in [-0.1, -0.05) is 18.2 Å². The molecule has 0 spiro atoms.